The number of allylic oxidation sites excluding steroid dienone is 2. The summed E-state index contributed by atoms with van der Waals surface area (Å²) in [6.45, 7) is 0. The van der Waals surface area contributed by atoms with Crippen molar-refractivity contribution in [3.63, 3.8) is 0 Å². The fraction of sp³-hybridized carbons (Fsp3) is 0.571. The number of hydrogen-bond acceptors (Lipinski definition) is 3. The molecule has 1 unspecified atom stereocenters. The summed E-state index contributed by atoms with van der Waals surface area (Å²) in [6, 6.07) is 4.87. The maximum Gasteiger partial charge on any atom is 0.502 e. The molecule has 0 aromatic carbocycles. The highest BCUT2D eigenvalue weighted by Gasteiger charge is 2.47. The van der Waals surface area contributed by atoms with Gasteiger partial charge in [-0.2, -0.15) is 0 Å². The minimum absolute atomic E-state index is 0.0873. The molecule has 0 saturated carbocycles. The molecule has 106 valence electrons. The maximum atomic E-state index is 5.61. The average molecular weight is 281 g/mol. The Bertz CT molecular complexity index is 406. The summed E-state index contributed by atoms with van der Waals surface area (Å²) in [6.07, 6.45) is 12.2. The standard InChI is InChI=1S/C14H23NO3Si/c1-16-19(17-2,18-3)13-14(9-5-4-6-10-14)15-11-7-8-12-15/h5,7-9,11-12H,4,6,10,13H2,1-3H3. The largest absolute Gasteiger partial charge is 0.502 e. The molecular weight excluding hydrogens is 258 g/mol. The Kier molecular flexibility index (Phi) is 4.62. The van der Waals surface area contributed by atoms with Gasteiger partial charge in [0.15, 0.2) is 0 Å². The van der Waals surface area contributed by atoms with E-state index in [1.165, 1.54) is 6.42 Å². The molecule has 4 nitrogen and oxygen atoms in total. The van der Waals surface area contributed by atoms with Crippen LogP contribution in [0.2, 0.25) is 6.04 Å². The quantitative estimate of drug-likeness (QED) is 0.594. The van der Waals surface area contributed by atoms with Crippen molar-refractivity contribution >= 4 is 8.80 Å². The van der Waals surface area contributed by atoms with Crippen LogP contribution in [0, 0.1) is 0 Å². The van der Waals surface area contributed by atoms with Crippen molar-refractivity contribution < 1.29 is 13.3 Å². The third-order valence-corrected chi connectivity index (χ3v) is 6.89. The minimum Gasteiger partial charge on any atom is -0.377 e. The number of hydrogen-bond donors (Lipinski definition) is 0. The molecule has 5 heteroatoms. The monoisotopic (exact) mass is 281 g/mol. The molecule has 0 spiro atoms. The summed E-state index contributed by atoms with van der Waals surface area (Å²) in [5.41, 5.74) is -0.0873. The van der Waals surface area contributed by atoms with Gasteiger partial charge >= 0.3 is 8.80 Å². The van der Waals surface area contributed by atoms with E-state index >= 15 is 0 Å². The van der Waals surface area contributed by atoms with Gasteiger partial charge < -0.3 is 17.8 Å². The van der Waals surface area contributed by atoms with Crippen molar-refractivity contribution in [2.24, 2.45) is 0 Å². The molecule has 2 rings (SSSR count). The zero-order valence-electron chi connectivity index (χ0n) is 12.0. The fourth-order valence-corrected chi connectivity index (χ4v) is 5.00. The van der Waals surface area contributed by atoms with Crippen molar-refractivity contribution in [1.82, 2.24) is 4.57 Å². The predicted octanol–water partition coefficient (Wildman–Crippen LogP) is 2.80. The molecular formula is C14H23NO3Si. The molecule has 1 atom stereocenters. The highest BCUT2D eigenvalue weighted by Crippen LogP contribution is 2.38. The lowest BCUT2D eigenvalue weighted by atomic mass is 9.89. The third-order valence-electron chi connectivity index (χ3n) is 3.98. The predicted molar refractivity (Wildman–Crippen MR) is 77.0 cm³/mol. The summed E-state index contributed by atoms with van der Waals surface area (Å²) in [5, 5.41) is 0. The van der Waals surface area contributed by atoms with Gasteiger partial charge in [-0.15, -0.1) is 0 Å². The van der Waals surface area contributed by atoms with Crippen LogP contribution in [0.4, 0.5) is 0 Å². The summed E-state index contributed by atoms with van der Waals surface area (Å²) >= 11 is 0. The second kappa shape index (κ2) is 6.05. The first-order valence-corrected chi connectivity index (χ1v) is 8.60. The molecule has 0 saturated heterocycles. The van der Waals surface area contributed by atoms with Crippen LogP contribution in [-0.4, -0.2) is 34.7 Å². The average Bonchev–Trinajstić information content (AvgIpc) is 3.01. The van der Waals surface area contributed by atoms with E-state index in [0.717, 1.165) is 18.9 Å². The van der Waals surface area contributed by atoms with Crippen LogP contribution in [0.25, 0.3) is 0 Å². The molecule has 0 fully saturated rings. The van der Waals surface area contributed by atoms with Gasteiger partial charge in [0, 0.05) is 39.8 Å². The van der Waals surface area contributed by atoms with E-state index in [2.05, 4.69) is 41.2 Å². The second-order valence-electron chi connectivity index (χ2n) is 4.96. The van der Waals surface area contributed by atoms with Crippen LogP contribution in [-0.2, 0) is 18.8 Å². The summed E-state index contributed by atoms with van der Waals surface area (Å²) in [7, 11) is 2.42. The van der Waals surface area contributed by atoms with Crippen molar-refractivity contribution in [3.8, 4) is 0 Å². The smallest absolute Gasteiger partial charge is 0.377 e. The molecule has 0 radical (unpaired) electrons. The molecule has 19 heavy (non-hydrogen) atoms. The molecule has 0 bridgehead atoms. The lowest BCUT2D eigenvalue weighted by Crippen LogP contribution is -2.50. The van der Waals surface area contributed by atoms with Gasteiger partial charge in [-0.05, 0) is 31.4 Å². The van der Waals surface area contributed by atoms with Gasteiger partial charge in [0.25, 0.3) is 0 Å². The summed E-state index contributed by atoms with van der Waals surface area (Å²) < 4.78 is 19.1. The molecule has 0 amide bonds. The molecule has 0 N–H and O–H groups in total. The van der Waals surface area contributed by atoms with E-state index < -0.39 is 8.80 Å². The number of aromatic nitrogens is 1. The molecule has 1 heterocycles. The Morgan fingerprint density at radius 1 is 1.11 bits per heavy atom. The lowest BCUT2D eigenvalue weighted by Gasteiger charge is -2.39. The second-order valence-corrected chi connectivity index (χ2v) is 7.90. The van der Waals surface area contributed by atoms with E-state index in [1.807, 2.05) is 0 Å². The maximum absolute atomic E-state index is 5.61. The molecule has 1 aromatic heterocycles. The van der Waals surface area contributed by atoms with E-state index in [0.29, 0.717) is 0 Å². The summed E-state index contributed by atoms with van der Waals surface area (Å²) in [4.78, 5) is 0. The Balaban J connectivity index is 2.34. The van der Waals surface area contributed by atoms with Gasteiger partial charge in [-0.3, -0.25) is 0 Å². The highest BCUT2D eigenvalue weighted by molar-refractivity contribution is 6.60. The van der Waals surface area contributed by atoms with E-state index in [4.69, 9.17) is 13.3 Å². The molecule has 1 aromatic rings. The van der Waals surface area contributed by atoms with Gasteiger partial charge in [0.1, 0.15) is 0 Å². The number of rotatable bonds is 6. The zero-order chi connectivity index (χ0) is 13.8. The van der Waals surface area contributed by atoms with Crippen LogP contribution in [0.5, 0.6) is 0 Å². The van der Waals surface area contributed by atoms with Crippen molar-refractivity contribution in [1.29, 1.82) is 0 Å². The topological polar surface area (TPSA) is 32.6 Å². The van der Waals surface area contributed by atoms with Crippen LogP contribution in [0.3, 0.4) is 0 Å². The number of nitrogens with zero attached hydrogens (tertiary/aromatic N) is 1. The van der Waals surface area contributed by atoms with Crippen LogP contribution in [0.15, 0.2) is 36.7 Å². The van der Waals surface area contributed by atoms with Crippen LogP contribution < -0.4 is 0 Å². The Labute approximate surface area is 116 Å². The van der Waals surface area contributed by atoms with Crippen molar-refractivity contribution in [2.75, 3.05) is 21.3 Å². The van der Waals surface area contributed by atoms with Gasteiger partial charge in [0.2, 0.25) is 0 Å². The highest BCUT2D eigenvalue weighted by atomic mass is 28.4. The van der Waals surface area contributed by atoms with Crippen molar-refractivity contribution in [3.05, 3.63) is 36.7 Å². The minimum atomic E-state index is -2.61. The normalized spacial score (nSPS) is 23.7. The summed E-state index contributed by atoms with van der Waals surface area (Å²) in [5.74, 6) is 0. The van der Waals surface area contributed by atoms with Crippen LogP contribution >= 0.6 is 0 Å². The Hall–Kier alpha value is -0.883. The van der Waals surface area contributed by atoms with E-state index in [9.17, 15) is 0 Å². The van der Waals surface area contributed by atoms with Gasteiger partial charge in [0.05, 0.1) is 5.54 Å². The van der Waals surface area contributed by atoms with E-state index in [-0.39, 0.29) is 5.54 Å². The Morgan fingerprint density at radius 3 is 2.21 bits per heavy atom. The van der Waals surface area contributed by atoms with Crippen molar-refractivity contribution in [2.45, 2.75) is 30.8 Å². The third kappa shape index (κ3) is 2.84. The van der Waals surface area contributed by atoms with Crippen LogP contribution in [0.1, 0.15) is 19.3 Å². The first kappa shape index (κ1) is 14.5. The fourth-order valence-electron chi connectivity index (χ4n) is 2.84. The first-order valence-electron chi connectivity index (χ1n) is 6.67. The Morgan fingerprint density at radius 2 is 1.74 bits per heavy atom. The van der Waals surface area contributed by atoms with Gasteiger partial charge in [-0.1, -0.05) is 12.2 Å². The lowest BCUT2D eigenvalue weighted by molar-refractivity contribution is 0.110. The molecule has 1 aliphatic carbocycles. The molecule has 1 aliphatic rings. The zero-order valence-corrected chi connectivity index (χ0v) is 13.0. The molecule has 0 aliphatic heterocycles. The van der Waals surface area contributed by atoms with Gasteiger partial charge in [-0.25, -0.2) is 0 Å². The van der Waals surface area contributed by atoms with E-state index in [1.54, 1.807) is 21.3 Å². The SMILES string of the molecule is CO[Si](CC1(n2cccc2)C=CCCC1)(OC)OC. The first-order chi connectivity index (χ1) is 9.20.